The van der Waals surface area contributed by atoms with E-state index in [0.717, 1.165) is 13.0 Å². The lowest BCUT2D eigenvalue weighted by Crippen LogP contribution is -2.04. The van der Waals surface area contributed by atoms with Gasteiger partial charge in [0.15, 0.2) is 5.78 Å². The maximum Gasteiger partial charge on any atom is 0.165 e. The van der Waals surface area contributed by atoms with Gasteiger partial charge in [0.1, 0.15) is 17.4 Å². The van der Waals surface area contributed by atoms with Crippen molar-refractivity contribution >= 4 is 5.78 Å². The predicted octanol–water partition coefficient (Wildman–Crippen LogP) is 2.10. The Balaban J connectivity index is 2.68. The Kier molecular flexibility index (Phi) is 1.98. The van der Waals surface area contributed by atoms with Gasteiger partial charge in [0.2, 0.25) is 0 Å². The van der Waals surface area contributed by atoms with Gasteiger partial charge >= 0.3 is 0 Å². The van der Waals surface area contributed by atoms with Crippen molar-refractivity contribution in [3.63, 3.8) is 0 Å². The molecule has 4 heteroatoms. The Hall–Kier alpha value is -1.45. The normalized spacial score (nSPS) is 13.6. The van der Waals surface area contributed by atoms with E-state index in [9.17, 15) is 13.6 Å². The number of ether oxygens (including phenoxy) is 1. The molecular weight excluding hydrogens is 190 g/mol. The number of carbonyl (C=O) groups is 1. The van der Waals surface area contributed by atoms with E-state index in [4.69, 9.17) is 4.74 Å². The van der Waals surface area contributed by atoms with Crippen LogP contribution in [0, 0.1) is 11.6 Å². The highest BCUT2D eigenvalue weighted by molar-refractivity contribution is 5.95. The van der Waals surface area contributed by atoms with E-state index in [1.165, 1.54) is 0 Å². The Morgan fingerprint density at radius 2 is 2.21 bits per heavy atom. The Morgan fingerprint density at radius 1 is 1.50 bits per heavy atom. The molecule has 2 rings (SSSR count). The van der Waals surface area contributed by atoms with Gasteiger partial charge in [-0.15, -0.1) is 0 Å². The van der Waals surface area contributed by atoms with Crippen molar-refractivity contribution < 1.29 is 18.3 Å². The van der Waals surface area contributed by atoms with Crippen LogP contribution in [0.1, 0.15) is 22.8 Å². The number of fused-ring (bicyclic) bond motifs is 1. The van der Waals surface area contributed by atoms with Crippen LogP contribution < -0.4 is 4.74 Å². The van der Waals surface area contributed by atoms with Gasteiger partial charge in [-0.2, -0.15) is 0 Å². The first-order valence-corrected chi connectivity index (χ1v) is 4.26. The van der Waals surface area contributed by atoms with Crippen molar-refractivity contribution in [3.8, 4) is 5.75 Å². The monoisotopic (exact) mass is 198 g/mol. The molecular formula is C10H8F2O2. The standard InChI is InChI=1S/C10H8F2O2/c1-5(13)9-7(11)4-8-6(10(9)12)2-3-14-8/h4H,2-3H2,1H3. The zero-order valence-corrected chi connectivity index (χ0v) is 7.56. The summed E-state index contributed by atoms with van der Waals surface area (Å²) in [5.74, 6) is -2.01. The lowest BCUT2D eigenvalue weighted by atomic mass is 10.0. The molecule has 1 aliphatic heterocycles. The third-order valence-corrected chi connectivity index (χ3v) is 2.24. The molecule has 1 aromatic carbocycles. The van der Waals surface area contributed by atoms with Crippen LogP contribution in [-0.4, -0.2) is 12.4 Å². The summed E-state index contributed by atoms with van der Waals surface area (Å²) < 4.78 is 31.8. The highest BCUT2D eigenvalue weighted by Gasteiger charge is 2.24. The maximum atomic E-state index is 13.5. The fourth-order valence-electron chi connectivity index (χ4n) is 1.59. The summed E-state index contributed by atoms with van der Waals surface area (Å²) in [6.07, 6.45) is 0.391. The minimum Gasteiger partial charge on any atom is -0.493 e. The number of hydrogen-bond acceptors (Lipinski definition) is 2. The fraction of sp³-hybridized carbons (Fsp3) is 0.300. The second-order valence-electron chi connectivity index (χ2n) is 3.18. The third-order valence-electron chi connectivity index (χ3n) is 2.24. The van der Waals surface area contributed by atoms with Crippen LogP contribution in [0.4, 0.5) is 8.78 Å². The number of halogens is 2. The minimum absolute atomic E-state index is 0.213. The number of Topliss-reactive ketones (excluding diaryl/α,β-unsaturated/α-hetero) is 1. The smallest absolute Gasteiger partial charge is 0.165 e. The summed E-state index contributed by atoms with van der Waals surface area (Å²) >= 11 is 0. The molecule has 1 aromatic rings. The molecule has 0 bridgehead atoms. The van der Waals surface area contributed by atoms with Crippen LogP contribution in [0.15, 0.2) is 6.07 Å². The largest absolute Gasteiger partial charge is 0.493 e. The van der Waals surface area contributed by atoms with Crippen molar-refractivity contribution in [2.45, 2.75) is 13.3 Å². The van der Waals surface area contributed by atoms with E-state index in [1.54, 1.807) is 0 Å². The summed E-state index contributed by atoms with van der Waals surface area (Å²) in [7, 11) is 0. The third kappa shape index (κ3) is 1.18. The van der Waals surface area contributed by atoms with Crippen LogP contribution in [0.2, 0.25) is 0 Å². The molecule has 1 heterocycles. The van der Waals surface area contributed by atoms with Crippen LogP contribution in [-0.2, 0) is 6.42 Å². The number of rotatable bonds is 1. The molecule has 0 N–H and O–H groups in total. The zero-order valence-electron chi connectivity index (χ0n) is 7.56. The van der Waals surface area contributed by atoms with Gasteiger partial charge in [0.05, 0.1) is 12.2 Å². The van der Waals surface area contributed by atoms with Crippen LogP contribution in [0.5, 0.6) is 5.75 Å². The van der Waals surface area contributed by atoms with Crippen LogP contribution >= 0.6 is 0 Å². The van der Waals surface area contributed by atoms with Crippen LogP contribution in [0.3, 0.4) is 0 Å². The molecule has 0 fully saturated rings. The van der Waals surface area contributed by atoms with Gasteiger partial charge in [0, 0.05) is 18.1 Å². The molecule has 0 atom stereocenters. The zero-order chi connectivity index (χ0) is 10.3. The average molecular weight is 198 g/mol. The average Bonchev–Trinajstić information content (AvgIpc) is 2.50. The molecule has 0 saturated carbocycles. The maximum absolute atomic E-state index is 13.5. The van der Waals surface area contributed by atoms with E-state index >= 15 is 0 Å². The molecule has 0 saturated heterocycles. The molecule has 0 aromatic heterocycles. The first-order valence-electron chi connectivity index (χ1n) is 4.26. The van der Waals surface area contributed by atoms with Gasteiger partial charge < -0.3 is 4.74 Å². The lowest BCUT2D eigenvalue weighted by molar-refractivity contribution is 0.100. The summed E-state index contributed by atoms with van der Waals surface area (Å²) in [5.41, 5.74) is -0.161. The first kappa shape index (κ1) is 9.12. The van der Waals surface area contributed by atoms with E-state index < -0.39 is 23.0 Å². The van der Waals surface area contributed by atoms with E-state index in [0.29, 0.717) is 18.6 Å². The summed E-state index contributed by atoms with van der Waals surface area (Å²) in [4.78, 5) is 11.0. The number of carbonyl (C=O) groups excluding carboxylic acids is 1. The quantitative estimate of drug-likeness (QED) is 0.646. The fourth-order valence-corrected chi connectivity index (χ4v) is 1.59. The Morgan fingerprint density at radius 3 is 2.86 bits per heavy atom. The van der Waals surface area contributed by atoms with Crippen LogP contribution in [0.25, 0.3) is 0 Å². The second-order valence-corrected chi connectivity index (χ2v) is 3.18. The van der Waals surface area contributed by atoms with Crippen molar-refractivity contribution in [1.29, 1.82) is 0 Å². The highest BCUT2D eigenvalue weighted by Crippen LogP contribution is 2.31. The number of hydrogen-bond donors (Lipinski definition) is 0. The van der Waals surface area contributed by atoms with Gasteiger partial charge in [0.25, 0.3) is 0 Å². The van der Waals surface area contributed by atoms with Crippen molar-refractivity contribution in [2.75, 3.05) is 6.61 Å². The van der Waals surface area contributed by atoms with Gasteiger partial charge in [-0.25, -0.2) is 8.78 Å². The number of ketones is 1. The van der Waals surface area contributed by atoms with Gasteiger partial charge in [-0.1, -0.05) is 0 Å². The predicted molar refractivity (Wildman–Crippen MR) is 45.6 cm³/mol. The summed E-state index contributed by atoms with van der Waals surface area (Å²) in [6.45, 7) is 1.48. The van der Waals surface area contributed by atoms with Crippen molar-refractivity contribution in [2.24, 2.45) is 0 Å². The topological polar surface area (TPSA) is 26.3 Å². The molecule has 14 heavy (non-hydrogen) atoms. The van der Waals surface area contributed by atoms with E-state index in [2.05, 4.69) is 0 Å². The van der Waals surface area contributed by atoms with E-state index in [-0.39, 0.29) is 5.75 Å². The lowest BCUT2D eigenvalue weighted by Gasteiger charge is -2.05. The Bertz CT molecular complexity index is 413. The minimum atomic E-state index is -0.851. The van der Waals surface area contributed by atoms with Gasteiger partial charge in [-0.05, 0) is 6.92 Å². The van der Waals surface area contributed by atoms with Crippen molar-refractivity contribution in [3.05, 3.63) is 28.8 Å². The molecule has 0 radical (unpaired) electrons. The van der Waals surface area contributed by atoms with E-state index in [1.807, 2.05) is 0 Å². The molecule has 0 amide bonds. The second kappa shape index (κ2) is 3.04. The molecule has 74 valence electrons. The molecule has 0 aliphatic carbocycles. The molecule has 2 nitrogen and oxygen atoms in total. The molecule has 0 unspecified atom stereocenters. The highest BCUT2D eigenvalue weighted by atomic mass is 19.1. The molecule has 0 spiro atoms. The summed E-state index contributed by atoms with van der Waals surface area (Å²) in [5, 5.41) is 0. The van der Waals surface area contributed by atoms with Crippen molar-refractivity contribution in [1.82, 2.24) is 0 Å². The first-order chi connectivity index (χ1) is 6.61. The Labute approximate surface area is 79.5 Å². The summed E-state index contributed by atoms with van der Waals surface area (Å²) in [6, 6.07) is 1.07. The number of benzene rings is 1. The molecule has 1 aliphatic rings. The SMILES string of the molecule is CC(=O)c1c(F)cc2c(c1F)CCO2. The van der Waals surface area contributed by atoms with Gasteiger partial charge in [-0.3, -0.25) is 4.79 Å².